The maximum absolute atomic E-state index is 14.2. The van der Waals surface area contributed by atoms with Gasteiger partial charge in [0.25, 0.3) is 0 Å². The van der Waals surface area contributed by atoms with E-state index in [2.05, 4.69) is 4.98 Å². The van der Waals surface area contributed by atoms with Crippen molar-refractivity contribution in [2.75, 3.05) is 26.7 Å². The highest BCUT2D eigenvalue weighted by atomic mass is 19.1. The molecule has 1 fully saturated rings. The topological polar surface area (TPSA) is 45.6 Å². The van der Waals surface area contributed by atoms with Crippen molar-refractivity contribution in [2.45, 2.75) is 32.0 Å². The van der Waals surface area contributed by atoms with Crippen LogP contribution >= 0.6 is 0 Å². The molecule has 3 atom stereocenters. The number of aromatic nitrogens is 1. The van der Waals surface area contributed by atoms with E-state index in [0.717, 1.165) is 41.6 Å². The number of ether oxygens (including phenoxy) is 1. The molecule has 0 amide bonds. The van der Waals surface area contributed by atoms with Crippen molar-refractivity contribution in [1.82, 2.24) is 9.88 Å². The number of pyridine rings is 1. The zero-order valence-electron chi connectivity index (χ0n) is 14.3. The van der Waals surface area contributed by atoms with Gasteiger partial charge in [0.15, 0.2) is 0 Å². The second kappa shape index (κ2) is 7.45. The molecule has 1 N–H and O–H groups in total. The van der Waals surface area contributed by atoms with Gasteiger partial charge in [-0.25, -0.2) is 4.39 Å². The third-order valence-electron chi connectivity index (χ3n) is 5.06. The molecule has 0 saturated carbocycles. The molecule has 4 nitrogen and oxygen atoms in total. The lowest BCUT2D eigenvalue weighted by Gasteiger charge is -2.35. The van der Waals surface area contributed by atoms with Crippen LogP contribution in [0.1, 0.15) is 31.4 Å². The second-order valence-electron chi connectivity index (χ2n) is 6.53. The lowest BCUT2D eigenvalue weighted by atomic mass is 9.92. The molecular weight excluding hydrogens is 307 g/mol. The largest absolute Gasteiger partial charge is 0.497 e. The van der Waals surface area contributed by atoms with Crippen LogP contribution in [0, 0.1) is 5.92 Å². The van der Waals surface area contributed by atoms with Crippen LogP contribution < -0.4 is 4.74 Å². The lowest BCUT2D eigenvalue weighted by molar-refractivity contribution is 0.0448. The number of aliphatic hydroxyl groups is 1. The summed E-state index contributed by atoms with van der Waals surface area (Å²) in [6, 6.07) is 7.46. The van der Waals surface area contributed by atoms with Crippen LogP contribution in [0.5, 0.6) is 5.75 Å². The van der Waals surface area contributed by atoms with Crippen LogP contribution in [0.15, 0.2) is 30.5 Å². The molecule has 0 radical (unpaired) electrons. The number of β-amino-alcohol motifs (C(OH)–C–C–N with tert-alkyl or cyclic N) is 1. The fourth-order valence-corrected chi connectivity index (χ4v) is 3.55. The first-order valence-corrected chi connectivity index (χ1v) is 8.59. The van der Waals surface area contributed by atoms with E-state index in [-0.39, 0.29) is 5.92 Å². The fraction of sp³-hybridized carbons (Fsp3) is 0.526. The Morgan fingerprint density at radius 3 is 2.96 bits per heavy atom. The summed E-state index contributed by atoms with van der Waals surface area (Å²) in [5.74, 6) is 0.890. The Balaban J connectivity index is 1.78. The summed E-state index contributed by atoms with van der Waals surface area (Å²) in [7, 11) is 1.62. The molecule has 2 heterocycles. The maximum Gasteiger partial charge on any atom is 0.119 e. The molecule has 1 aliphatic rings. The molecule has 0 aliphatic carbocycles. The predicted octanol–water partition coefficient (Wildman–Crippen LogP) is 3.35. The molecule has 0 spiro atoms. The Morgan fingerprint density at radius 1 is 1.42 bits per heavy atom. The van der Waals surface area contributed by atoms with Crippen LogP contribution in [0.2, 0.25) is 0 Å². The van der Waals surface area contributed by atoms with E-state index in [1.165, 1.54) is 0 Å². The average molecular weight is 332 g/mol. The van der Waals surface area contributed by atoms with E-state index in [1.54, 1.807) is 13.3 Å². The molecule has 0 unspecified atom stereocenters. The van der Waals surface area contributed by atoms with Gasteiger partial charge >= 0.3 is 0 Å². The number of halogens is 1. The summed E-state index contributed by atoms with van der Waals surface area (Å²) in [4.78, 5) is 6.36. The molecule has 1 aliphatic heterocycles. The van der Waals surface area contributed by atoms with E-state index in [0.29, 0.717) is 13.1 Å². The van der Waals surface area contributed by atoms with Gasteiger partial charge in [0.05, 0.1) is 18.7 Å². The first-order chi connectivity index (χ1) is 11.6. The number of rotatable bonds is 5. The number of hydrogen-bond donors (Lipinski definition) is 1. The first-order valence-electron chi connectivity index (χ1n) is 8.59. The summed E-state index contributed by atoms with van der Waals surface area (Å²) in [6.07, 6.45) is 1.97. The van der Waals surface area contributed by atoms with Gasteiger partial charge in [-0.3, -0.25) is 9.88 Å². The number of likely N-dealkylation sites (tertiary alicyclic amines) is 1. The third kappa shape index (κ3) is 3.52. The zero-order valence-corrected chi connectivity index (χ0v) is 14.3. The van der Waals surface area contributed by atoms with Gasteiger partial charge in [0.2, 0.25) is 0 Å². The van der Waals surface area contributed by atoms with E-state index in [4.69, 9.17) is 4.74 Å². The highest BCUT2D eigenvalue weighted by molar-refractivity contribution is 5.83. The molecule has 2 aromatic rings. The molecule has 24 heavy (non-hydrogen) atoms. The van der Waals surface area contributed by atoms with Gasteiger partial charge in [0.1, 0.15) is 11.9 Å². The predicted molar refractivity (Wildman–Crippen MR) is 93.0 cm³/mol. The number of hydrogen-bond acceptors (Lipinski definition) is 4. The summed E-state index contributed by atoms with van der Waals surface area (Å²) >= 11 is 0. The van der Waals surface area contributed by atoms with E-state index in [9.17, 15) is 9.50 Å². The van der Waals surface area contributed by atoms with Gasteiger partial charge in [-0.05, 0) is 48.7 Å². The normalized spacial score (nSPS) is 23.3. The molecule has 1 saturated heterocycles. The van der Waals surface area contributed by atoms with Gasteiger partial charge in [0, 0.05) is 24.7 Å². The van der Waals surface area contributed by atoms with Crippen molar-refractivity contribution in [3.8, 4) is 5.75 Å². The molecule has 5 heteroatoms. The van der Waals surface area contributed by atoms with Crippen molar-refractivity contribution in [3.63, 3.8) is 0 Å². The Kier molecular flexibility index (Phi) is 5.31. The van der Waals surface area contributed by atoms with Crippen LogP contribution in [0.3, 0.4) is 0 Å². The van der Waals surface area contributed by atoms with Crippen molar-refractivity contribution in [1.29, 1.82) is 0 Å². The van der Waals surface area contributed by atoms with E-state index in [1.807, 2.05) is 36.1 Å². The lowest BCUT2D eigenvalue weighted by Crippen LogP contribution is -2.43. The van der Waals surface area contributed by atoms with Crippen molar-refractivity contribution < 1.29 is 14.2 Å². The summed E-state index contributed by atoms with van der Waals surface area (Å²) in [5.41, 5.74) is 1.63. The molecule has 3 rings (SSSR count). The quantitative estimate of drug-likeness (QED) is 0.912. The monoisotopic (exact) mass is 332 g/mol. The Morgan fingerprint density at radius 2 is 2.25 bits per heavy atom. The van der Waals surface area contributed by atoms with Crippen molar-refractivity contribution in [3.05, 3.63) is 36.0 Å². The smallest absolute Gasteiger partial charge is 0.119 e. The van der Waals surface area contributed by atoms with Crippen molar-refractivity contribution in [2.24, 2.45) is 5.92 Å². The van der Waals surface area contributed by atoms with Crippen LogP contribution in [-0.4, -0.2) is 47.9 Å². The zero-order chi connectivity index (χ0) is 17.1. The minimum Gasteiger partial charge on any atom is -0.497 e. The van der Waals surface area contributed by atoms with Gasteiger partial charge in [-0.2, -0.15) is 0 Å². The molecule has 1 aromatic heterocycles. The maximum atomic E-state index is 14.2. The van der Waals surface area contributed by atoms with E-state index >= 15 is 0 Å². The van der Waals surface area contributed by atoms with Crippen LogP contribution in [0.25, 0.3) is 10.9 Å². The standard InChI is InChI=1S/C19H25FN2O2/c1-3-13-7-9-22(11-17(13)20)12-19(23)15-6-8-21-18-5-4-14(24-2)10-16(15)18/h4-6,8,10,13,17,19,23H,3,7,9,11-12H2,1-2H3/t13-,17-,19-/m0/s1. The van der Waals surface area contributed by atoms with Crippen LogP contribution in [-0.2, 0) is 0 Å². The first kappa shape index (κ1) is 17.1. The Bertz CT molecular complexity index is 694. The summed E-state index contributed by atoms with van der Waals surface area (Å²) < 4.78 is 19.4. The third-order valence-corrected chi connectivity index (χ3v) is 5.06. The number of piperidine rings is 1. The fourth-order valence-electron chi connectivity index (χ4n) is 3.55. The minimum atomic E-state index is -0.801. The highest BCUT2D eigenvalue weighted by Gasteiger charge is 2.29. The van der Waals surface area contributed by atoms with Crippen LogP contribution in [0.4, 0.5) is 4.39 Å². The number of benzene rings is 1. The van der Waals surface area contributed by atoms with Gasteiger partial charge in [-0.1, -0.05) is 13.3 Å². The number of fused-ring (bicyclic) bond motifs is 1. The summed E-state index contributed by atoms with van der Waals surface area (Å²) in [5, 5.41) is 11.6. The molecule has 130 valence electrons. The number of aliphatic hydroxyl groups excluding tert-OH is 1. The van der Waals surface area contributed by atoms with Crippen molar-refractivity contribution >= 4 is 10.9 Å². The number of nitrogens with zero attached hydrogens (tertiary/aromatic N) is 2. The molecular formula is C19H25FN2O2. The average Bonchev–Trinajstić information content (AvgIpc) is 2.60. The second-order valence-corrected chi connectivity index (χ2v) is 6.53. The number of methoxy groups -OCH3 is 1. The Labute approximate surface area is 142 Å². The highest BCUT2D eigenvalue weighted by Crippen LogP contribution is 2.29. The molecule has 0 bridgehead atoms. The van der Waals surface area contributed by atoms with Gasteiger partial charge in [-0.15, -0.1) is 0 Å². The van der Waals surface area contributed by atoms with E-state index < -0.39 is 12.3 Å². The van der Waals surface area contributed by atoms with Gasteiger partial charge < -0.3 is 9.84 Å². The minimum absolute atomic E-state index is 0.157. The SMILES string of the molecule is CC[C@H]1CCN(C[C@H](O)c2ccnc3ccc(OC)cc23)C[C@@H]1F. The molecule has 1 aromatic carbocycles. The number of alkyl halides is 1. The summed E-state index contributed by atoms with van der Waals surface area (Å²) in [6.45, 7) is 3.72. The Hall–Kier alpha value is -1.72.